The van der Waals surface area contributed by atoms with E-state index in [-0.39, 0.29) is 12.1 Å². The summed E-state index contributed by atoms with van der Waals surface area (Å²) in [6, 6.07) is 5.85. The fourth-order valence-electron chi connectivity index (χ4n) is 5.57. The van der Waals surface area contributed by atoms with Crippen LogP contribution >= 0.6 is 0 Å². The second-order valence-electron chi connectivity index (χ2n) is 10.8. The Hall–Kier alpha value is -2.97. The van der Waals surface area contributed by atoms with Crippen molar-refractivity contribution in [1.29, 1.82) is 0 Å². The van der Waals surface area contributed by atoms with Crippen LogP contribution in [0.25, 0.3) is 0 Å². The number of rotatable bonds is 5. The van der Waals surface area contributed by atoms with Crippen LogP contribution < -0.4 is 15.2 Å². The molecular weight excluding hydrogens is 450 g/mol. The molecule has 1 aromatic rings. The second-order valence-corrected chi connectivity index (χ2v) is 10.8. The predicted octanol–water partition coefficient (Wildman–Crippen LogP) is 5.14. The summed E-state index contributed by atoms with van der Waals surface area (Å²) in [5, 5.41) is 4.46. The van der Waals surface area contributed by atoms with E-state index < -0.39 is 23.3 Å². The van der Waals surface area contributed by atoms with E-state index in [0.29, 0.717) is 19.3 Å². The van der Waals surface area contributed by atoms with Crippen molar-refractivity contribution in [2.24, 2.45) is 10.9 Å². The number of methoxy groups -OCH3 is 1. The smallest absolute Gasteiger partial charge is 0.419 e. The van der Waals surface area contributed by atoms with Crippen LogP contribution in [0.3, 0.4) is 0 Å². The van der Waals surface area contributed by atoms with E-state index in [4.69, 9.17) is 24.8 Å². The summed E-state index contributed by atoms with van der Waals surface area (Å²) in [5.74, 6) is 1.47. The van der Waals surface area contributed by atoms with Gasteiger partial charge in [0.05, 0.1) is 18.9 Å². The van der Waals surface area contributed by atoms with Gasteiger partial charge >= 0.3 is 12.2 Å². The van der Waals surface area contributed by atoms with E-state index in [9.17, 15) is 9.59 Å². The third kappa shape index (κ3) is 5.65. The summed E-state index contributed by atoms with van der Waals surface area (Å²) < 4.78 is 16.5. The molecule has 1 spiro atoms. The van der Waals surface area contributed by atoms with Gasteiger partial charge in [-0.3, -0.25) is 4.90 Å². The number of hydrogen-bond donors (Lipinski definition) is 1. The number of benzene rings is 1. The summed E-state index contributed by atoms with van der Waals surface area (Å²) in [4.78, 5) is 31.4. The van der Waals surface area contributed by atoms with Crippen LogP contribution in [0.5, 0.6) is 11.5 Å². The monoisotopic (exact) mass is 487 g/mol. The number of ether oxygens (including phenoxy) is 3. The average Bonchev–Trinajstić information content (AvgIpc) is 3.44. The first-order chi connectivity index (χ1) is 16.6. The molecule has 192 valence electrons. The summed E-state index contributed by atoms with van der Waals surface area (Å²) in [6.07, 6.45) is 6.57. The maximum Gasteiger partial charge on any atom is 0.419 e. The van der Waals surface area contributed by atoms with Crippen LogP contribution in [0, 0.1) is 0 Å². The minimum Gasteiger partial charge on any atom is -0.493 e. The Morgan fingerprint density at radius 1 is 1.11 bits per heavy atom. The standard InChI is InChI=1S/C26H37N3O6/c1-25(2,3)29(24(31)34-23(27)30)18-11-13-26(14-12-18)16-20(28-35-26)17-9-10-21(32-4)22(15-17)33-19-7-5-6-8-19/h9-10,15,18-19H,5-8,11-14,16H2,1-4H3,(H2,27,30). The van der Waals surface area contributed by atoms with Crippen molar-refractivity contribution in [1.82, 2.24) is 4.90 Å². The lowest BCUT2D eigenvalue weighted by atomic mass is 9.77. The molecule has 0 atom stereocenters. The molecule has 2 amide bonds. The van der Waals surface area contributed by atoms with Crippen LogP contribution in [-0.2, 0) is 9.57 Å². The lowest BCUT2D eigenvalue weighted by molar-refractivity contribution is -0.0650. The molecule has 2 N–H and O–H groups in total. The maximum atomic E-state index is 12.6. The summed E-state index contributed by atoms with van der Waals surface area (Å²) in [5.41, 5.74) is 6.04. The largest absolute Gasteiger partial charge is 0.493 e. The molecule has 0 radical (unpaired) electrons. The lowest BCUT2D eigenvalue weighted by Gasteiger charge is -2.45. The van der Waals surface area contributed by atoms with Crippen LogP contribution in [-0.4, -0.2) is 53.2 Å². The van der Waals surface area contributed by atoms with Crippen molar-refractivity contribution in [2.75, 3.05) is 7.11 Å². The Bertz CT molecular complexity index is 972. The molecule has 35 heavy (non-hydrogen) atoms. The molecule has 3 aliphatic rings. The van der Waals surface area contributed by atoms with Gasteiger partial charge in [-0.2, -0.15) is 0 Å². The minimum absolute atomic E-state index is 0.0764. The third-order valence-corrected chi connectivity index (χ3v) is 7.27. The van der Waals surface area contributed by atoms with Gasteiger partial charge in [0.2, 0.25) is 0 Å². The average molecular weight is 488 g/mol. The van der Waals surface area contributed by atoms with E-state index in [1.54, 1.807) is 12.0 Å². The van der Waals surface area contributed by atoms with E-state index in [0.717, 1.165) is 48.5 Å². The highest BCUT2D eigenvalue weighted by molar-refractivity contribution is 6.02. The van der Waals surface area contributed by atoms with Gasteiger partial charge in [0, 0.05) is 23.6 Å². The lowest BCUT2D eigenvalue weighted by Crippen LogP contribution is -2.55. The van der Waals surface area contributed by atoms with Gasteiger partial charge in [-0.1, -0.05) is 5.16 Å². The van der Waals surface area contributed by atoms with E-state index in [1.165, 1.54) is 12.8 Å². The third-order valence-electron chi connectivity index (χ3n) is 7.27. The molecule has 9 nitrogen and oxygen atoms in total. The van der Waals surface area contributed by atoms with Crippen LogP contribution in [0.1, 0.15) is 84.1 Å². The van der Waals surface area contributed by atoms with Crippen molar-refractivity contribution < 1.29 is 28.6 Å². The number of primary amides is 1. The Balaban J connectivity index is 1.42. The summed E-state index contributed by atoms with van der Waals surface area (Å²) in [7, 11) is 1.65. The SMILES string of the molecule is COc1ccc(C2=NOC3(CCC(N(C(=O)OC(N)=O)C(C)(C)C)CC3)C2)cc1OC1CCCC1. The highest BCUT2D eigenvalue weighted by Gasteiger charge is 2.46. The molecule has 0 unspecified atom stereocenters. The maximum absolute atomic E-state index is 12.6. The first-order valence-corrected chi connectivity index (χ1v) is 12.5. The Labute approximate surface area is 206 Å². The molecule has 2 saturated carbocycles. The zero-order chi connectivity index (χ0) is 25.2. The molecule has 2 fully saturated rings. The number of carbonyl (C=O) groups is 2. The van der Waals surface area contributed by atoms with Gasteiger partial charge in [-0.25, -0.2) is 9.59 Å². The quantitative estimate of drug-likeness (QED) is 0.576. The molecular formula is C26H37N3O6. The molecule has 0 saturated heterocycles. The van der Waals surface area contributed by atoms with Crippen molar-refractivity contribution in [3.8, 4) is 11.5 Å². The number of nitrogens with zero attached hydrogens (tertiary/aromatic N) is 2. The van der Waals surface area contributed by atoms with Crippen molar-refractivity contribution in [3.05, 3.63) is 23.8 Å². The Morgan fingerprint density at radius 3 is 2.40 bits per heavy atom. The number of nitrogens with two attached hydrogens (primary N) is 1. The molecule has 4 rings (SSSR count). The van der Waals surface area contributed by atoms with E-state index in [2.05, 4.69) is 5.16 Å². The zero-order valence-corrected chi connectivity index (χ0v) is 21.2. The summed E-state index contributed by atoms with van der Waals surface area (Å²) >= 11 is 0. The van der Waals surface area contributed by atoms with Gasteiger partial charge in [0.25, 0.3) is 0 Å². The molecule has 0 bridgehead atoms. The number of amides is 2. The predicted molar refractivity (Wildman–Crippen MR) is 131 cm³/mol. The van der Waals surface area contributed by atoms with Crippen molar-refractivity contribution >= 4 is 17.9 Å². The van der Waals surface area contributed by atoms with Gasteiger partial charge in [0.15, 0.2) is 11.5 Å². The normalized spacial score (nSPS) is 24.6. The van der Waals surface area contributed by atoms with Gasteiger partial charge in [-0.05, 0) is 90.3 Å². The fraction of sp³-hybridized carbons (Fsp3) is 0.654. The van der Waals surface area contributed by atoms with E-state index >= 15 is 0 Å². The molecule has 1 aromatic carbocycles. The van der Waals surface area contributed by atoms with Gasteiger partial charge in [0.1, 0.15) is 5.60 Å². The highest BCUT2D eigenvalue weighted by Crippen LogP contribution is 2.43. The topological polar surface area (TPSA) is 113 Å². The van der Waals surface area contributed by atoms with Crippen LogP contribution in [0.15, 0.2) is 23.4 Å². The Morgan fingerprint density at radius 2 is 1.80 bits per heavy atom. The minimum atomic E-state index is -1.09. The fourth-order valence-corrected chi connectivity index (χ4v) is 5.57. The molecule has 2 aliphatic carbocycles. The van der Waals surface area contributed by atoms with Crippen molar-refractivity contribution in [2.45, 2.75) is 102 Å². The second kappa shape index (κ2) is 9.95. The molecule has 9 heteroatoms. The first kappa shape index (κ1) is 25.1. The zero-order valence-electron chi connectivity index (χ0n) is 21.2. The summed E-state index contributed by atoms with van der Waals surface area (Å²) in [6.45, 7) is 5.76. The van der Waals surface area contributed by atoms with Gasteiger partial charge < -0.3 is 24.8 Å². The molecule has 1 aliphatic heterocycles. The van der Waals surface area contributed by atoms with Crippen LogP contribution in [0.4, 0.5) is 9.59 Å². The van der Waals surface area contributed by atoms with E-state index in [1.807, 2.05) is 39.0 Å². The van der Waals surface area contributed by atoms with Crippen molar-refractivity contribution in [3.63, 3.8) is 0 Å². The number of oxime groups is 1. The number of hydrogen-bond acceptors (Lipinski definition) is 7. The van der Waals surface area contributed by atoms with Crippen LogP contribution in [0.2, 0.25) is 0 Å². The van der Waals surface area contributed by atoms with Gasteiger partial charge in [-0.15, -0.1) is 0 Å². The molecule has 1 heterocycles. The Kier molecular flexibility index (Phi) is 7.15. The first-order valence-electron chi connectivity index (χ1n) is 12.5. The number of carbonyl (C=O) groups excluding carboxylic acids is 2. The molecule has 0 aromatic heterocycles. The highest BCUT2D eigenvalue weighted by atomic mass is 16.7.